The van der Waals surface area contributed by atoms with E-state index in [1.54, 1.807) is 17.0 Å². The van der Waals surface area contributed by atoms with Crippen molar-refractivity contribution in [2.24, 2.45) is 5.73 Å². The Kier molecular flexibility index (Phi) is 9.41. The number of carbonyl (C=O) groups is 4. The van der Waals surface area contributed by atoms with Crippen molar-refractivity contribution in [2.75, 3.05) is 38.2 Å². The van der Waals surface area contributed by atoms with E-state index in [0.29, 0.717) is 49.1 Å². The largest absolute Gasteiger partial charge is 0.456 e. The molecule has 12 heteroatoms. The Bertz CT molecular complexity index is 2280. The zero-order chi connectivity index (χ0) is 38.1. The van der Waals surface area contributed by atoms with E-state index < -0.39 is 23.6 Å². The lowest BCUT2D eigenvalue weighted by Crippen LogP contribution is -2.43. The number of alkyl carbamates (subject to hydrolysis) is 1. The third-order valence-electron chi connectivity index (χ3n) is 10.3. The molecule has 1 spiro atoms. The first-order valence-electron chi connectivity index (χ1n) is 18.0. The van der Waals surface area contributed by atoms with Gasteiger partial charge in [0.05, 0.1) is 18.8 Å². The SMILES string of the molecule is CC(NC(=O)OCC1c2ccccc2-c2ccccc21)C(N)=O.O=C1OC2(c3ccccc3Oc3cc(NC(=O)N4CCOCC4)ccc32)c2ccccc21. The van der Waals surface area contributed by atoms with Gasteiger partial charge < -0.3 is 40.2 Å². The van der Waals surface area contributed by atoms with Crippen molar-refractivity contribution in [3.8, 4) is 22.6 Å². The molecule has 0 radical (unpaired) electrons. The van der Waals surface area contributed by atoms with Crippen LogP contribution in [0.2, 0.25) is 0 Å². The smallest absolute Gasteiger partial charge is 0.407 e. The molecule has 0 aromatic heterocycles. The summed E-state index contributed by atoms with van der Waals surface area (Å²) < 4.78 is 22.9. The fourth-order valence-corrected chi connectivity index (χ4v) is 7.56. The summed E-state index contributed by atoms with van der Waals surface area (Å²) in [6.07, 6.45) is -0.641. The van der Waals surface area contributed by atoms with Gasteiger partial charge in [0.2, 0.25) is 5.91 Å². The third kappa shape index (κ3) is 6.50. The highest BCUT2D eigenvalue weighted by Gasteiger charge is 2.53. The number of ether oxygens (including phenoxy) is 4. The number of primary amides is 1. The number of para-hydroxylation sites is 1. The molecular formula is C43H38N4O8. The van der Waals surface area contributed by atoms with E-state index in [4.69, 9.17) is 24.7 Å². The molecule has 0 bridgehead atoms. The number of fused-ring (bicyclic) bond motifs is 9. The van der Waals surface area contributed by atoms with Crippen LogP contribution in [0.15, 0.2) is 115 Å². The van der Waals surface area contributed by atoms with Gasteiger partial charge in [-0.3, -0.25) is 4.79 Å². The summed E-state index contributed by atoms with van der Waals surface area (Å²) in [5.74, 6) is 0.178. The summed E-state index contributed by atoms with van der Waals surface area (Å²) in [7, 11) is 0. The molecule has 4 N–H and O–H groups in total. The second kappa shape index (κ2) is 14.6. The Balaban J connectivity index is 0.000000165. The molecule has 4 aliphatic rings. The Labute approximate surface area is 317 Å². The Morgan fingerprint density at radius 3 is 2.09 bits per heavy atom. The molecular weight excluding hydrogens is 700 g/mol. The van der Waals surface area contributed by atoms with Crippen LogP contribution in [-0.4, -0.2) is 67.9 Å². The number of carbonyl (C=O) groups excluding carboxylic acids is 4. The number of amides is 4. The summed E-state index contributed by atoms with van der Waals surface area (Å²) in [6, 6.07) is 35.7. The first-order chi connectivity index (χ1) is 26.7. The number of hydrogen-bond acceptors (Lipinski definition) is 8. The highest BCUT2D eigenvalue weighted by Crippen LogP contribution is 2.56. The van der Waals surface area contributed by atoms with Gasteiger partial charge in [-0.15, -0.1) is 0 Å². The molecule has 1 aliphatic carbocycles. The number of nitrogens with one attached hydrogen (secondary N) is 2. The van der Waals surface area contributed by atoms with Crippen LogP contribution >= 0.6 is 0 Å². The highest BCUT2D eigenvalue weighted by atomic mass is 16.6. The lowest BCUT2D eigenvalue weighted by molar-refractivity contribution is -0.119. The maximum atomic E-state index is 12.8. The zero-order valence-electron chi connectivity index (χ0n) is 30.0. The molecule has 1 saturated heterocycles. The van der Waals surface area contributed by atoms with Gasteiger partial charge in [-0.05, 0) is 53.4 Å². The quantitative estimate of drug-likeness (QED) is 0.172. The summed E-state index contributed by atoms with van der Waals surface area (Å²) in [6.45, 7) is 3.90. The fraction of sp³-hybridized carbons (Fsp3) is 0.209. The van der Waals surface area contributed by atoms with Gasteiger partial charge in [-0.2, -0.15) is 0 Å². The Morgan fingerprint density at radius 2 is 1.40 bits per heavy atom. The molecule has 3 aliphatic heterocycles. The van der Waals surface area contributed by atoms with Crippen LogP contribution in [0, 0.1) is 0 Å². The summed E-state index contributed by atoms with van der Waals surface area (Å²) in [4.78, 5) is 49.9. The van der Waals surface area contributed by atoms with Crippen molar-refractivity contribution < 1.29 is 38.1 Å². The number of hydrogen-bond donors (Lipinski definition) is 3. The molecule has 12 nitrogen and oxygen atoms in total. The van der Waals surface area contributed by atoms with Crippen LogP contribution in [-0.2, 0) is 24.6 Å². The number of urea groups is 1. The summed E-state index contributed by atoms with van der Waals surface area (Å²) in [5.41, 5.74) is 12.1. The second-order valence-corrected chi connectivity index (χ2v) is 13.5. The van der Waals surface area contributed by atoms with E-state index >= 15 is 0 Å². The topological polar surface area (TPSA) is 159 Å². The lowest BCUT2D eigenvalue weighted by Gasteiger charge is -2.36. The van der Waals surface area contributed by atoms with Crippen LogP contribution in [0.1, 0.15) is 51.0 Å². The number of anilines is 1. The van der Waals surface area contributed by atoms with Gasteiger partial charge in [0, 0.05) is 47.5 Å². The average molecular weight is 739 g/mol. The van der Waals surface area contributed by atoms with E-state index in [0.717, 1.165) is 27.8 Å². The van der Waals surface area contributed by atoms with Crippen molar-refractivity contribution in [3.05, 3.63) is 149 Å². The fourth-order valence-electron chi connectivity index (χ4n) is 7.56. The van der Waals surface area contributed by atoms with Gasteiger partial charge in [-0.25, -0.2) is 14.4 Å². The zero-order valence-corrected chi connectivity index (χ0v) is 30.0. The van der Waals surface area contributed by atoms with E-state index in [-0.39, 0.29) is 24.5 Å². The number of nitrogens with two attached hydrogens (primary N) is 1. The maximum absolute atomic E-state index is 12.8. The molecule has 2 atom stereocenters. The lowest BCUT2D eigenvalue weighted by atomic mass is 9.77. The number of benzene rings is 5. The number of esters is 1. The van der Waals surface area contributed by atoms with Crippen LogP contribution in [0.4, 0.5) is 15.3 Å². The summed E-state index contributed by atoms with van der Waals surface area (Å²) in [5, 5.41) is 5.35. The molecule has 278 valence electrons. The maximum Gasteiger partial charge on any atom is 0.407 e. The van der Waals surface area contributed by atoms with Crippen molar-refractivity contribution in [1.29, 1.82) is 0 Å². The molecule has 55 heavy (non-hydrogen) atoms. The van der Waals surface area contributed by atoms with Crippen molar-refractivity contribution in [3.63, 3.8) is 0 Å². The van der Waals surface area contributed by atoms with E-state index in [2.05, 4.69) is 22.8 Å². The predicted octanol–water partition coefficient (Wildman–Crippen LogP) is 6.52. The first-order valence-corrected chi connectivity index (χ1v) is 18.0. The van der Waals surface area contributed by atoms with Crippen LogP contribution < -0.4 is 21.1 Å². The van der Waals surface area contributed by atoms with Crippen molar-refractivity contribution in [1.82, 2.24) is 10.2 Å². The minimum Gasteiger partial charge on any atom is -0.456 e. The number of morpholine rings is 1. The van der Waals surface area contributed by atoms with E-state index in [1.165, 1.54) is 18.1 Å². The second-order valence-electron chi connectivity index (χ2n) is 13.5. The normalized spacial score (nSPS) is 17.8. The Hall–Kier alpha value is -6.66. The molecule has 4 amide bonds. The van der Waals surface area contributed by atoms with E-state index in [1.807, 2.05) is 91.0 Å². The minimum absolute atomic E-state index is 0.00275. The molecule has 5 aromatic carbocycles. The number of nitrogens with zero attached hydrogens (tertiary/aromatic N) is 1. The molecule has 5 aromatic rings. The van der Waals surface area contributed by atoms with Gasteiger partial charge >= 0.3 is 18.1 Å². The molecule has 1 fully saturated rings. The molecule has 3 heterocycles. The monoisotopic (exact) mass is 738 g/mol. The first kappa shape index (κ1) is 35.4. The predicted molar refractivity (Wildman–Crippen MR) is 203 cm³/mol. The highest BCUT2D eigenvalue weighted by molar-refractivity contribution is 5.97. The van der Waals surface area contributed by atoms with Gasteiger partial charge in [0.15, 0.2) is 5.60 Å². The molecule has 0 saturated carbocycles. The standard InChI is InChI=1S/C25H20N2O5.C18H18N2O3/c28-23-17-5-1-2-6-18(17)25(32-23)19-7-3-4-8-21(19)31-22-15-16(9-10-20(22)25)26-24(29)27-11-13-30-14-12-27;1-11(17(19)21)20-18(22)23-10-16-14-8-4-2-6-12(14)13-7-3-5-9-15(13)16/h1-10,15H,11-14H2,(H,26,29);2-9,11,16H,10H2,1H3,(H2,19,21)(H,20,22). The van der Waals surface area contributed by atoms with Crippen LogP contribution in [0.25, 0.3) is 11.1 Å². The summed E-state index contributed by atoms with van der Waals surface area (Å²) >= 11 is 0. The average Bonchev–Trinajstić information content (AvgIpc) is 3.69. The van der Waals surface area contributed by atoms with Crippen molar-refractivity contribution >= 4 is 29.7 Å². The van der Waals surface area contributed by atoms with Gasteiger partial charge in [-0.1, -0.05) is 84.9 Å². The van der Waals surface area contributed by atoms with Gasteiger partial charge in [0.1, 0.15) is 24.1 Å². The number of rotatable bonds is 5. The third-order valence-corrected chi connectivity index (χ3v) is 10.3. The molecule has 2 unspecified atom stereocenters. The Morgan fingerprint density at radius 1 is 0.800 bits per heavy atom. The van der Waals surface area contributed by atoms with Gasteiger partial charge in [0.25, 0.3) is 0 Å². The van der Waals surface area contributed by atoms with E-state index in [9.17, 15) is 19.2 Å². The van der Waals surface area contributed by atoms with Crippen LogP contribution in [0.5, 0.6) is 11.5 Å². The van der Waals surface area contributed by atoms with Crippen molar-refractivity contribution in [2.45, 2.75) is 24.5 Å². The minimum atomic E-state index is -1.09. The van der Waals surface area contributed by atoms with Crippen LogP contribution in [0.3, 0.4) is 0 Å². The molecule has 9 rings (SSSR count).